The molecule has 3 rings (SSSR count). The Hall–Kier alpha value is -2.90. The van der Waals surface area contributed by atoms with Gasteiger partial charge in [0.25, 0.3) is 5.91 Å². The molecule has 0 fully saturated rings. The second-order valence-electron chi connectivity index (χ2n) is 5.74. The topological polar surface area (TPSA) is 81.2 Å². The molecule has 0 radical (unpaired) electrons. The lowest BCUT2D eigenvalue weighted by Crippen LogP contribution is -2.21. The lowest BCUT2D eigenvalue weighted by molar-refractivity contribution is -0.119. The van der Waals surface area contributed by atoms with Crippen LogP contribution in [0.15, 0.2) is 70.8 Å². The monoisotopic (exact) mass is 413 g/mol. The lowest BCUT2D eigenvalue weighted by Gasteiger charge is -2.09. The van der Waals surface area contributed by atoms with Crippen LogP contribution in [0, 0.1) is 6.92 Å². The molecule has 2 heterocycles. The Bertz CT molecular complexity index is 996. The third-order valence-electron chi connectivity index (χ3n) is 3.59. The maximum Gasteiger partial charge on any atom is 0.341 e. The number of anilines is 1. The minimum absolute atomic E-state index is 0.159. The fraction of sp³-hybridized carbons (Fsp3) is 0.100. The van der Waals surface area contributed by atoms with Crippen molar-refractivity contribution in [2.45, 2.75) is 16.8 Å². The van der Waals surface area contributed by atoms with Crippen molar-refractivity contribution < 1.29 is 14.3 Å². The van der Waals surface area contributed by atoms with Gasteiger partial charge in [-0.25, -0.2) is 14.8 Å². The van der Waals surface area contributed by atoms with Gasteiger partial charge in [-0.05, 0) is 43.3 Å². The summed E-state index contributed by atoms with van der Waals surface area (Å²) < 4.78 is 5.13. The van der Waals surface area contributed by atoms with E-state index in [1.165, 1.54) is 18.0 Å². The number of ether oxygens (including phenoxy) is 1. The van der Waals surface area contributed by atoms with E-state index in [4.69, 9.17) is 16.3 Å². The van der Waals surface area contributed by atoms with Crippen LogP contribution in [0.5, 0.6) is 0 Å². The van der Waals surface area contributed by atoms with E-state index in [0.29, 0.717) is 16.3 Å². The molecule has 3 aromatic rings. The van der Waals surface area contributed by atoms with Crippen LogP contribution in [-0.2, 0) is 9.53 Å². The van der Waals surface area contributed by atoms with Crippen molar-refractivity contribution in [3.63, 3.8) is 0 Å². The molecule has 0 unspecified atom stereocenters. The number of nitrogens with zero attached hydrogens (tertiary/aromatic N) is 2. The molecule has 1 amide bonds. The van der Waals surface area contributed by atoms with Crippen LogP contribution in [0.4, 0.5) is 5.69 Å². The number of aromatic nitrogens is 2. The third kappa shape index (κ3) is 5.31. The zero-order chi connectivity index (χ0) is 19.9. The van der Waals surface area contributed by atoms with Crippen LogP contribution in [0.2, 0.25) is 5.15 Å². The van der Waals surface area contributed by atoms with Crippen molar-refractivity contribution in [1.29, 1.82) is 0 Å². The molecule has 0 atom stereocenters. The van der Waals surface area contributed by atoms with Crippen LogP contribution in [0.25, 0.3) is 0 Å². The van der Waals surface area contributed by atoms with Gasteiger partial charge in [0.15, 0.2) is 11.8 Å². The first-order chi connectivity index (χ1) is 13.5. The summed E-state index contributed by atoms with van der Waals surface area (Å²) in [7, 11) is 0. The smallest absolute Gasteiger partial charge is 0.341 e. The van der Waals surface area contributed by atoms with E-state index in [-0.39, 0.29) is 5.15 Å². The van der Waals surface area contributed by atoms with Gasteiger partial charge in [0.2, 0.25) is 0 Å². The summed E-state index contributed by atoms with van der Waals surface area (Å²) in [4.78, 5) is 33.5. The Labute approximate surface area is 171 Å². The summed E-state index contributed by atoms with van der Waals surface area (Å²) in [6.45, 7) is 1.55. The Morgan fingerprint density at radius 2 is 1.79 bits per heavy atom. The third-order valence-corrected chi connectivity index (χ3v) is 4.92. The molecule has 0 saturated heterocycles. The number of carbonyl (C=O) groups is 2. The number of halogens is 1. The van der Waals surface area contributed by atoms with Crippen molar-refractivity contribution >= 4 is 40.9 Å². The molecule has 2 aromatic heterocycles. The van der Waals surface area contributed by atoms with Gasteiger partial charge in [-0.15, -0.1) is 0 Å². The van der Waals surface area contributed by atoms with E-state index >= 15 is 0 Å². The first-order valence-electron chi connectivity index (χ1n) is 8.30. The normalized spacial score (nSPS) is 10.4. The molecule has 0 aliphatic rings. The van der Waals surface area contributed by atoms with Crippen LogP contribution in [0.1, 0.15) is 15.9 Å². The average Bonchev–Trinajstić information content (AvgIpc) is 2.70. The van der Waals surface area contributed by atoms with E-state index in [1.807, 2.05) is 31.2 Å². The molecule has 142 valence electrons. The zero-order valence-corrected chi connectivity index (χ0v) is 16.5. The van der Waals surface area contributed by atoms with E-state index < -0.39 is 18.5 Å². The molecule has 8 heteroatoms. The van der Waals surface area contributed by atoms with Crippen LogP contribution >= 0.6 is 23.4 Å². The van der Waals surface area contributed by atoms with Crippen LogP contribution in [-0.4, -0.2) is 28.5 Å². The van der Waals surface area contributed by atoms with E-state index in [0.717, 1.165) is 10.5 Å². The van der Waals surface area contributed by atoms with Gasteiger partial charge in [-0.1, -0.05) is 41.1 Å². The van der Waals surface area contributed by atoms with Gasteiger partial charge in [-0.3, -0.25) is 4.79 Å². The van der Waals surface area contributed by atoms with Crippen molar-refractivity contribution in [2.75, 3.05) is 11.9 Å². The maximum absolute atomic E-state index is 12.4. The predicted molar refractivity (Wildman–Crippen MR) is 108 cm³/mol. The number of hydrogen-bond acceptors (Lipinski definition) is 6. The first kappa shape index (κ1) is 19.9. The lowest BCUT2D eigenvalue weighted by atomic mass is 10.2. The molecule has 0 saturated carbocycles. The number of carbonyl (C=O) groups excluding carboxylic acids is 2. The van der Waals surface area contributed by atoms with Gasteiger partial charge in [0.1, 0.15) is 5.03 Å². The fourth-order valence-electron chi connectivity index (χ4n) is 2.22. The molecule has 0 aliphatic carbocycles. The number of aryl methyl sites for hydroxylation is 1. The maximum atomic E-state index is 12.4. The van der Waals surface area contributed by atoms with Gasteiger partial charge < -0.3 is 10.1 Å². The summed E-state index contributed by atoms with van der Waals surface area (Å²) in [5.41, 5.74) is 1.78. The van der Waals surface area contributed by atoms with Crippen LogP contribution < -0.4 is 5.32 Å². The number of amides is 1. The van der Waals surface area contributed by atoms with Crippen LogP contribution in [0.3, 0.4) is 0 Å². The van der Waals surface area contributed by atoms with Gasteiger partial charge >= 0.3 is 5.97 Å². The average molecular weight is 414 g/mol. The Morgan fingerprint density at radius 3 is 2.54 bits per heavy atom. The standard InChI is InChI=1S/C20H16ClN3O3S/c1-13-6-8-14(9-7-13)28-19-15(4-2-11-23-19)20(26)27-12-17(25)24-16-5-3-10-22-18(16)21/h2-11H,12H2,1H3,(H,24,25). The Balaban J connectivity index is 1.63. The highest BCUT2D eigenvalue weighted by Crippen LogP contribution is 2.29. The number of benzene rings is 1. The number of rotatable bonds is 6. The summed E-state index contributed by atoms with van der Waals surface area (Å²) in [6, 6.07) is 14.4. The zero-order valence-electron chi connectivity index (χ0n) is 14.9. The van der Waals surface area contributed by atoms with Crippen molar-refractivity contribution in [3.8, 4) is 0 Å². The minimum atomic E-state index is -0.629. The van der Waals surface area contributed by atoms with Crippen molar-refractivity contribution in [1.82, 2.24) is 9.97 Å². The second-order valence-corrected chi connectivity index (χ2v) is 7.16. The SMILES string of the molecule is Cc1ccc(Sc2ncccc2C(=O)OCC(=O)Nc2cccnc2Cl)cc1. The predicted octanol–water partition coefficient (Wildman–Crippen LogP) is 4.39. The molecule has 1 N–H and O–H groups in total. The van der Waals surface area contributed by atoms with E-state index in [2.05, 4.69) is 15.3 Å². The first-order valence-corrected chi connectivity index (χ1v) is 9.49. The molecule has 1 aromatic carbocycles. The van der Waals surface area contributed by atoms with E-state index in [1.54, 1.807) is 30.5 Å². The van der Waals surface area contributed by atoms with Crippen molar-refractivity contribution in [3.05, 3.63) is 77.2 Å². The second kappa shape index (κ2) is 9.34. The molecule has 0 bridgehead atoms. The minimum Gasteiger partial charge on any atom is -0.452 e. The van der Waals surface area contributed by atoms with Gasteiger partial charge in [0.05, 0.1) is 11.3 Å². The summed E-state index contributed by atoms with van der Waals surface area (Å²) >= 11 is 7.24. The summed E-state index contributed by atoms with van der Waals surface area (Å²) in [5.74, 6) is -1.14. The number of hydrogen-bond donors (Lipinski definition) is 1. The highest BCUT2D eigenvalue weighted by molar-refractivity contribution is 7.99. The summed E-state index contributed by atoms with van der Waals surface area (Å²) in [6.07, 6.45) is 3.11. The van der Waals surface area contributed by atoms with E-state index in [9.17, 15) is 9.59 Å². The Kier molecular flexibility index (Phi) is 6.62. The van der Waals surface area contributed by atoms with Gasteiger partial charge in [0, 0.05) is 17.3 Å². The number of pyridine rings is 2. The fourth-order valence-corrected chi connectivity index (χ4v) is 3.26. The molecular formula is C20H16ClN3O3S. The highest BCUT2D eigenvalue weighted by atomic mass is 35.5. The highest BCUT2D eigenvalue weighted by Gasteiger charge is 2.17. The Morgan fingerprint density at radius 1 is 1.07 bits per heavy atom. The number of esters is 1. The quantitative estimate of drug-likeness (QED) is 0.477. The molecule has 28 heavy (non-hydrogen) atoms. The van der Waals surface area contributed by atoms with Crippen molar-refractivity contribution in [2.24, 2.45) is 0 Å². The largest absolute Gasteiger partial charge is 0.452 e. The summed E-state index contributed by atoms with van der Waals surface area (Å²) in [5, 5.41) is 3.21. The molecule has 0 aliphatic heterocycles. The van der Waals surface area contributed by atoms with Gasteiger partial charge in [-0.2, -0.15) is 0 Å². The molecule has 0 spiro atoms. The molecule has 6 nitrogen and oxygen atoms in total. The number of nitrogens with one attached hydrogen (secondary N) is 1. The molecular weight excluding hydrogens is 398 g/mol.